The summed E-state index contributed by atoms with van der Waals surface area (Å²) in [6.07, 6.45) is 4.54. The zero-order chi connectivity index (χ0) is 9.68. The van der Waals surface area contributed by atoms with E-state index in [2.05, 4.69) is 12.6 Å². The zero-order valence-electron chi connectivity index (χ0n) is 7.77. The van der Waals surface area contributed by atoms with E-state index in [1.807, 2.05) is 31.2 Å². The summed E-state index contributed by atoms with van der Waals surface area (Å²) in [6.45, 7) is 5.53. The minimum Gasteiger partial charge on any atom is -0.385 e. The minimum absolute atomic E-state index is 0.555. The van der Waals surface area contributed by atoms with E-state index in [0.717, 1.165) is 5.56 Å². The van der Waals surface area contributed by atoms with Gasteiger partial charge in [-0.05, 0) is 12.5 Å². The molecule has 0 spiro atoms. The van der Waals surface area contributed by atoms with E-state index in [4.69, 9.17) is 0 Å². The molecule has 0 aliphatic rings. The van der Waals surface area contributed by atoms with Gasteiger partial charge in [0.1, 0.15) is 0 Å². The second-order valence-electron chi connectivity index (χ2n) is 3.00. The van der Waals surface area contributed by atoms with E-state index in [9.17, 15) is 5.11 Å². The van der Waals surface area contributed by atoms with Gasteiger partial charge in [-0.3, -0.25) is 0 Å². The number of rotatable bonds is 3. The molecule has 0 bridgehead atoms. The molecule has 1 heteroatoms. The molecular formula is C12H14O. The van der Waals surface area contributed by atoms with Crippen molar-refractivity contribution in [3.05, 3.63) is 54.1 Å². The maximum Gasteiger partial charge on any atom is 0.0903 e. The number of benzene rings is 1. The van der Waals surface area contributed by atoms with Crippen LogP contribution in [0.4, 0.5) is 0 Å². The molecule has 1 N–H and O–H groups in total. The average molecular weight is 174 g/mol. The lowest BCUT2D eigenvalue weighted by molar-refractivity contribution is 0.273. The maximum absolute atomic E-state index is 9.18. The first kappa shape index (κ1) is 9.75. The third kappa shape index (κ3) is 3.26. The molecule has 1 nitrogen and oxygen atoms in total. The normalized spacial score (nSPS) is 13.1. The lowest BCUT2D eigenvalue weighted by atomic mass is 10.1. The van der Waals surface area contributed by atoms with Gasteiger partial charge in [-0.25, -0.2) is 0 Å². The summed E-state index contributed by atoms with van der Waals surface area (Å²) < 4.78 is 0. The van der Waals surface area contributed by atoms with Gasteiger partial charge in [0.2, 0.25) is 0 Å². The van der Waals surface area contributed by atoms with Crippen molar-refractivity contribution in [3.8, 4) is 0 Å². The van der Waals surface area contributed by atoms with Gasteiger partial charge in [0.25, 0.3) is 0 Å². The summed E-state index contributed by atoms with van der Waals surface area (Å²) >= 11 is 0. The van der Waals surface area contributed by atoms with Gasteiger partial charge in [0.15, 0.2) is 0 Å². The third-order valence-electron chi connectivity index (χ3n) is 1.77. The molecule has 0 aliphatic heterocycles. The molecule has 1 aromatic carbocycles. The van der Waals surface area contributed by atoms with E-state index in [1.54, 1.807) is 6.08 Å². The molecule has 0 aromatic heterocycles. The van der Waals surface area contributed by atoms with Gasteiger partial charge in [0, 0.05) is 0 Å². The molecule has 0 radical (unpaired) electrons. The molecule has 1 rings (SSSR count). The minimum atomic E-state index is -0.555. The summed E-state index contributed by atoms with van der Waals surface area (Å²) in [5.74, 6) is 0. The molecule has 68 valence electrons. The highest BCUT2D eigenvalue weighted by Crippen LogP contribution is 2.06. The standard InChI is InChI=1S/C12H14O/c1-3-12(13)8-7-11-6-4-5-10(2)9-11/h3-9,12-13H,1H2,2H3/b8-7+. The molecule has 1 aromatic rings. The van der Waals surface area contributed by atoms with Gasteiger partial charge < -0.3 is 5.11 Å². The van der Waals surface area contributed by atoms with Crippen molar-refractivity contribution in [1.82, 2.24) is 0 Å². The second kappa shape index (κ2) is 4.63. The van der Waals surface area contributed by atoms with E-state index in [-0.39, 0.29) is 0 Å². The van der Waals surface area contributed by atoms with Crippen LogP contribution in [0.5, 0.6) is 0 Å². The van der Waals surface area contributed by atoms with E-state index in [1.165, 1.54) is 11.6 Å². The highest BCUT2D eigenvalue weighted by molar-refractivity contribution is 5.51. The first-order valence-corrected chi connectivity index (χ1v) is 4.28. The topological polar surface area (TPSA) is 20.2 Å². The summed E-state index contributed by atoms with van der Waals surface area (Å²) in [6, 6.07) is 8.10. The monoisotopic (exact) mass is 174 g/mol. The first-order valence-electron chi connectivity index (χ1n) is 4.28. The smallest absolute Gasteiger partial charge is 0.0903 e. The van der Waals surface area contributed by atoms with Gasteiger partial charge in [0.05, 0.1) is 6.10 Å². The molecule has 0 aliphatic carbocycles. The Morgan fingerprint density at radius 1 is 1.46 bits per heavy atom. The predicted octanol–water partition coefficient (Wildman–Crippen LogP) is 2.56. The van der Waals surface area contributed by atoms with E-state index >= 15 is 0 Å². The summed E-state index contributed by atoms with van der Waals surface area (Å²) in [7, 11) is 0. The largest absolute Gasteiger partial charge is 0.385 e. The van der Waals surface area contributed by atoms with Gasteiger partial charge in [-0.15, -0.1) is 6.58 Å². The lowest BCUT2D eigenvalue weighted by Crippen LogP contribution is -1.93. The van der Waals surface area contributed by atoms with Crippen molar-refractivity contribution in [3.63, 3.8) is 0 Å². The molecular weight excluding hydrogens is 160 g/mol. The molecule has 0 saturated carbocycles. The molecule has 0 saturated heterocycles. The van der Waals surface area contributed by atoms with Crippen molar-refractivity contribution in [2.75, 3.05) is 0 Å². The highest BCUT2D eigenvalue weighted by atomic mass is 16.3. The Balaban J connectivity index is 2.74. The molecule has 1 unspecified atom stereocenters. The van der Waals surface area contributed by atoms with Crippen molar-refractivity contribution in [1.29, 1.82) is 0 Å². The number of hydrogen-bond acceptors (Lipinski definition) is 1. The Morgan fingerprint density at radius 3 is 2.85 bits per heavy atom. The Morgan fingerprint density at radius 2 is 2.23 bits per heavy atom. The van der Waals surface area contributed by atoms with Crippen LogP contribution in [-0.4, -0.2) is 11.2 Å². The van der Waals surface area contributed by atoms with Crippen LogP contribution >= 0.6 is 0 Å². The zero-order valence-corrected chi connectivity index (χ0v) is 7.77. The lowest BCUT2D eigenvalue weighted by Gasteiger charge is -1.97. The van der Waals surface area contributed by atoms with Crippen molar-refractivity contribution < 1.29 is 5.11 Å². The van der Waals surface area contributed by atoms with Crippen LogP contribution in [0, 0.1) is 6.92 Å². The van der Waals surface area contributed by atoms with Crippen LogP contribution in [0.25, 0.3) is 6.08 Å². The first-order chi connectivity index (χ1) is 6.22. The fourth-order valence-electron chi connectivity index (χ4n) is 1.06. The van der Waals surface area contributed by atoms with Crippen LogP contribution in [0.3, 0.4) is 0 Å². The fourth-order valence-corrected chi connectivity index (χ4v) is 1.06. The average Bonchev–Trinajstić information content (AvgIpc) is 2.14. The summed E-state index contributed by atoms with van der Waals surface area (Å²) in [4.78, 5) is 0. The summed E-state index contributed by atoms with van der Waals surface area (Å²) in [5.41, 5.74) is 2.32. The quantitative estimate of drug-likeness (QED) is 0.698. The highest BCUT2D eigenvalue weighted by Gasteiger charge is 1.90. The van der Waals surface area contributed by atoms with Crippen LogP contribution < -0.4 is 0 Å². The third-order valence-corrected chi connectivity index (χ3v) is 1.77. The van der Waals surface area contributed by atoms with Crippen molar-refractivity contribution in [2.45, 2.75) is 13.0 Å². The van der Waals surface area contributed by atoms with E-state index in [0.29, 0.717) is 0 Å². The maximum atomic E-state index is 9.18. The SMILES string of the molecule is C=CC(O)/C=C/c1cccc(C)c1. The van der Waals surface area contributed by atoms with Crippen LogP contribution in [0.1, 0.15) is 11.1 Å². The van der Waals surface area contributed by atoms with Gasteiger partial charge in [-0.1, -0.05) is 48.1 Å². The Bertz CT molecular complexity index is 313. The van der Waals surface area contributed by atoms with Crippen LogP contribution in [-0.2, 0) is 0 Å². The Hall–Kier alpha value is -1.34. The number of aryl methyl sites for hydroxylation is 1. The molecule has 0 heterocycles. The fraction of sp³-hybridized carbons (Fsp3) is 0.167. The number of aliphatic hydroxyl groups excluding tert-OH is 1. The van der Waals surface area contributed by atoms with Gasteiger partial charge in [-0.2, -0.15) is 0 Å². The van der Waals surface area contributed by atoms with Crippen LogP contribution in [0.2, 0.25) is 0 Å². The number of hydrogen-bond donors (Lipinski definition) is 1. The predicted molar refractivity (Wildman–Crippen MR) is 56.4 cm³/mol. The van der Waals surface area contributed by atoms with Crippen molar-refractivity contribution in [2.24, 2.45) is 0 Å². The molecule has 13 heavy (non-hydrogen) atoms. The summed E-state index contributed by atoms with van der Waals surface area (Å²) in [5, 5.41) is 9.18. The van der Waals surface area contributed by atoms with E-state index < -0.39 is 6.10 Å². The molecule has 0 amide bonds. The van der Waals surface area contributed by atoms with Crippen molar-refractivity contribution >= 4 is 6.08 Å². The molecule has 0 fully saturated rings. The molecule has 1 atom stereocenters. The van der Waals surface area contributed by atoms with Gasteiger partial charge >= 0.3 is 0 Å². The Labute approximate surface area is 79.0 Å². The number of aliphatic hydroxyl groups is 1. The second-order valence-corrected chi connectivity index (χ2v) is 3.00. The Kier molecular flexibility index (Phi) is 3.47. The van der Waals surface area contributed by atoms with Crippen LogP contribution in [0.15, 0.2) is 43.0 Å².